The van der Waals surface area contributed by atoms with E-state index in [0.29, 0.717) is 17.4 Å². The Kier molecular flexibility index (Phi) is 4.45. The zero-order valence-electron chi connectivity index (χ0n) is 11.4. The molecule has 0 spiro atoms. The smallest absolute Gasteiger partial charge is 0.257 e. The van der Waals surface area contributed by atoms with Crippen LogP contribution in [0.3, 0.4) is 0 Å². The number of halogens is 1. The Labute approximate surface area is 122 Å². The molecule has 1 aromatic rings. The minimum atomic E-state index is -0.0362. The summed E-state index contributed by atoms with van der Waals surface area (Å²) in [5, 5.41) is 0. The molecule has 1 fully saturated rings. The van der Waals surface area contributed by atoms with Crippen molar-refractivity contribution in [3.05, 3.63) is 22.3 Å². The molecule has 2 rings (SSSR count). The van der Waals surface area contributed by atoms with Crippen LogP contribution in [0.4, 0.5) is 5.82 Å². The monoisotopic (exact) mass is 325 g/mol. The van der Waals surface area contributed by atoms with Gasteiger partial charge in [0.15, 0.2) is 0 Å². The van der Waals surface area contributed by atoms with Gasteiger partial charge in [-0.2, -0.15) is 0 Å². The lowest BCUT2D eigenvalue weighted by molar-refractivity contribution is 0.0680. The third-order valence-electron chi connectivity index (χ3n) is 3.97. The van der Waals surface area contributed by atoms with Crippen molar-refractivity contribution in [2.75, 3.05) is 12.8 Å². The summed E-state index contributed by atoms with van der Waals surface area (Å²) in [6, 6.07) is 2.06. The Balaban J connectivity index is 2.12. The van der Waals surface area contributed by atoms with E-state index in [1.807, 2.05) is 11.9 Å². The molecule has 0 unspecified atom stereocenters. The molecular formula is C14H20BrN3O. The first-order valence-corrected chi connectivity index (χ1v) is 7.46. The highest BCUT2D eigenvalue weighted by atomic mass is 79.9. The topological polar surface area (TPSA) is 59.2 Å². The van der Waals surface area contributed by atoms with Crippen LogP contribution >= 0.6 is 15.9 Å². The van der Waals surface area contributed by atoms with E-state index >= 15 is 0 Å². The first-order valence-electron chi connectivity index (χ1n) is 6.67. The molecule has 2 N–H and O–H groups in total. The fraction of sp³-hybridized carbons (Fsp3) is 0.571. The van der Waals surface area contributed by atoms with Crippen molar-refractivity contribution < 1.29 is 4.79 Å². The number of rotatable bonds is 2. The number of pyridine rings is 1. The van der Waals surface area contributed by atoms with E-state index in [1.165, 1.54) is 12.8 Å². The zero-order chi connectivity index (χ0) is 14.0. The summed E-state index contributed by atoms with van der Waals surface area (Å²) in [4.78, 5) is 18.3. The fourth-order valence-corrected chi connectivity index (χ4v) is 2.94. The molecule has 1 amide bonds. The summed E-state index contributed by atoms with van der Waals surface area (Å²) in [6.07, 6.45) is 6.13. The zero-order valence-corrected chi connectivity index (χ0v) is 13.0. The molecule has 0 saturated heterocycles. The van der Waals surface area contributed by atoms with E-state index in [2.05, 4.69) is 27.8 Å². The summed E-state index contributed by atoms with van der Waals surface area (Å²) < 4.78 is 0.774. The number of nitrogens with two attached hydrogens (primary N) is 1. The van der Waals surface area contributed by atoms with Gasteiger partial charge in [-0.1, -0.05) is 6.92 Å². The molecule has 4 nitrogen and oxygen atoms in total. The van der Waals surface area contributed by atoms with Crippen LogP contribution in [-0.4, -0.2) is 28.9 Å². The van der Waals surface area contributed by atoms with Crippen molar-refractivity contribution in [1.82, 2.24) is 9.88 Å². The van der Waals surface area contributed by atoms with Crippen LogP contribution in [0.5, 0.6) is 0 Å². The standard InChI is InChI=1S/C14H20BrN3O/c1-9-3-5-11(6-4-9)18(2)14(19)12-7-10(15)8-17-13(12)16/h7-9,11H,3-6H2,1-2H3,(H2,16,17). The largest absolute Gasteiger partial charge is 0.383 e. The van der Waals surface area contributed by atoms with Crippen LogP contribution in [-0.2, 0) is 0 Å². The van der Waals surface area contributed by atoms with E-state index < -0.39 is 0 Å². The molecular weight excluding hydrogens is 306 g/mol. The number of amides is 1. The summed E-state index contributed by atoms with van der Waals surface area (Å²) in [5.41, 5.74) is 6.28. The number of aromatic nitrogens is 1. The summed E-state index contributed by atoms with van der Waals surface area (Å²) in [5.74, 6) is 1.03. The second kappa shape index (κ2) is 5.90. The molecule has 1 aliphatic rings. The minimum absolute atomic E-state index is 0.0362. The normalized spacial score (nSPS) is 23.1. The Bertz CT molecular complexity index is 470. The van der Waals surface area contributed by atoms with Gasteiger partial charge in [0.1, 0.15) is 5.82 Å². The van der Waals surface area contributed by atoms with E-state index in [0.717, 1.165) is 23.2 Å². The van der Waals surface area contributed by atoms with Gasteiger partial charge in [0.2, 0.25) is 0 Å². The molecule has 1 aliphatic carbocycles. The average Bonchev–Trinajstić information content (AvgIpc) is 2.41. The maximum atomic E-state index is 12.5. The van der Waals surface area contributed by atoms with E-state index in [-0.39, 0.29) is 5.91 Å². The minimum Gasteiger partial charge on any atom is -0.383 e. The number of nitrogen functional groups attached to an aromatic ring is 1. The predicted molar refractivity (Wildman–Crippen MR) is 79.9 cm³/mol. The van der Waals surface area contributed by atoms with Gasteiger partial charge in [-0.05, 0) is 53.6 Å². The lowest BCUT2D eigenvalue weighted by Crippen LogP contribution is -2.39. The highest BCUT2D eigenvalue weighted by molar-refractivity contribution is 9.10. The van der Waals surface area contributed by atoms with E-state index in [4.69, 9.17) is 5.73 Å². The van der Waals surface area contributed by atoms with Crippen molar-refractivity contribution >= 4 is 27.7 Å². The number of anilines is 1. The van der Waals surface area contributed by atoms with Crippen molar-refractivity contribution in [3.8, 4) is 0 Å². The first kappa shape index (κ1) is 14.3. The number of hydrogen-bond donors (Lipinski definition) is 1. The molecule has 0 aliphatic heterocycles. The molecule has 0 bridgehead atoms. The fourth-order valence-electron chi connectivity index (χ4n) is 2.61. The average molecular weight is 326 g/mol. The van der Waals surface area contributed by atoms with Gasteiger partial charge in [-0.25, -0.2) is 4.98 Å². The van der Waals surface area contributed by atoms with Crippen LogP contribution in [0.2, 0.25) is 0 Å². The molecule has 19 heavy (non-hydrogen) atoms. The molecule has 1 aromatic heterocycles. The van der Waals surface area contributed by atoms with Gasteiger partial charge >= 0.3 is 0 Å². The van der Waals surface area contributed by atoms with Gasteiger partial charge in [0.05, 0.1) is 5.56 Å². The van der Waals surface area contributed by atoms with E-state index in [9.17, 15) is 4.79 Å². The van der Waals surface area contributed by atoms with Crippen molar-refractivity contribution in [2.45, 2.75) is 38.6 Å². The molecule has 0 radical (unpaired) electrons. The van der Waals surface area contributed by atoms with Gasteiger partial charge in [-0.3, -0.25) is 4.79 Å². The maximum Gasteiger partial charge on any atom is 0.257 e. The van der Waals surface area contributed by atoms with Gasteiger partial charge < -0.3 is 10.6 Å². The highest BCUT2D eigenvalue weighted by Crippen LogP contribution is 2.28. The quantitative estimate of drug-likeness (QED) is 0.908. The second-order valence-electron chi connectivity index (χ2n) is 5.42. The SMILES string of the molecule is CC1CCC(N(C)C(=O)c2cc(Br)cnc2N)CC1. The van der Waals surface area contributed by atoms with Gasteiger partial charge in [0.25, 0.3) is 5.91 Å². The molecule has 0 aromatic carbocycles. The number of carbonyl (C=O) groups is 1. The van der Waals surface area contributed by atoms with Crippen LogP contribution in [0, 0.1) is 5.92 Å². The van der Waals surface area contributed by atoms with Crippen molar-refractivity contribution in [2.24, 2.45) is 5.92 Å². The van der Waals surface area contributed by atoms with Gasteiger partial charge in [-0.15, -0.1) is 0 Å². The Morgan fingerprint density at radius 1 is 1.42 bits per heavy atom. The predicted octanol–water partition coefficient (Wildman–Crippen LogP) is 3.08. The summed E-state index contributed by atoms with van der Waals surface area (Å²) in [7, 11) is 1.86. The molecule has 1 saturated carbocycles. The molecule has 0 atom stereocenters. The van der Waals surface area contributed by atoms with Crippen LogP contribution < -0.4 is 5.73 Å². The lowest BCUT2D eigenvalue weighted by Gasteiger charge is -2.33. The number of nitrogens with zero attached hydrogens (tertiary/aromatic N) is 2. The van der Waals surface area contributed by atoms with Crippen LogP contribution in [0.1, 0.15) is 43.0 Å². The Morgan fingerprint density at radius 3 is 2.68 bits per heavy atom. The van der Waals surface area contributed by atoms with Crippen LogP contribution in [0.15, 0.2) is 16.7 Å². The third-order valence-corrected chi connectivity index (χ3v) is 4.40. The molecule has 1 heterocycles. The second-order valence-corrected chi connectivity index (χ2v) is 6.33. The number of carbonyl (C=O) groups excluding carboxylic acids is 1. The van der Waals surface area contributed by atoms with E-state index in [1.54, 1.807) is 12.3 Å². The Morgan fingerprint density at radius 2 is 2.05 bits per heavy atom. The molecule has 5 heteroatoms. The van der Waals surface area contributed by atoms with Crippen LogP contribution in [0.25, 0.3) is 0 Å². The van der Waals surface area contributed by atoms with Crippen molar-refractivity contribution in [1.29, 1.82) is 0 Å². The third kappa shape index (κ3) is 3.26. The number of hydrogen-bond acceptors (Lipinski definition) is 3. The highest BCUT2D eigenvalue weighted by Gasteiger charge is 2.26. The lowest BCUT2D eigenvalue weighted by atomic mass is 9.86. The summed E-state index contributed by atoms with van der Waals surface area (Å²) >= 11 is 3.33. The first-order chi connectivity index (χ1) is 8.99. The Hall–Kier alpha value is -1.10. The molecule has 104 valence electrons. The maximum absolute atomic E-state index is 12.5. The summed E-state index contributed by atoms with van der Waals surface area (Å²) in [6.45, 7) is 2.27. The van der Waals surface area contributed by atoms with Gasteiger partial charge in [0, 0.05) is 23.8 Å². The van der Waals surface area contributed by atoms with Crippen molar-refractivity contribution in [3.63, 3.8) is 0 Å².